The second-order valence-electron chi connectivity index (χ2n) is 10.2. The summed E-state index contributed by atoms with van der Waals surface area (Å²) in [5.74, 6) is 0.528. The Balaban J connectivity index is 1.82. The maximum absolute atomic E-state index is 12.5. The lowest BCUT2D eigenvalue weighted by Gasteiger charge is -2.53. The first kappa shape index (κ1) is 20.9. The molecule has 1 aliphatic heterocycles. The van der Waals surface area contributed by atoms with Gasteiger partial charge in [0.15, 0.2) is 0 Å². The molecular formula is C21H37NO5. The van der Waals surface area contributed by atoms with Crippen molar-refractivity contribution in [2.24, 2.45) is 17.3 Å². The van der Waals surface area contributed by atoms with Crippen LogP contribution in [0.1, 0.15) is 72.6 Å². The topological polar surface area (TPSA) is 90.2 Å². The fourth-order valence-corrected chi connectivity index (χ4v) is 6.09. The SMILES string of the molecule is CC1CC(O)C23CCCN(C(=O)OC(C)(C)C)CCC[C@@]2(O)C(O)C[C@@H]3C1. The molecule has 6 heteroatoms. The summed E-state index contributed by atoms with van der Waals surface area (Å²) in [5, 5.41) is 33.5. The number of hydrogen-bond acceptors (Lipinski definition) is 5. The molecule has 0 aromatic heterocycles. The Bertz CT molecular complexity index is 561. The van der Waals surface area contributed by atoms with Crippen LogP contribution in [0.4, 0.5) is 4.79 Å². The number of aliphatic hydroxyl groups is 3. The van der Waals surface area contributed by atoms with Crippen LogP contribution in [-0.4, -0.2) is 62.8 Å². The normalized spacial score (nSPS) is 43.1. The van der Waals surface area contributed by atoms with Gasteiger partial charge in [0, 0.05) is 18.5 Å². The van der Waals surface area contributed by atoms with Gasteiger partial charge in [0.1, 0.15) is 5.60 Å². The zero-order valence-corrected chi connectivity index (χ0v) is 17.3. The maximum atomic E-state index is 12.5. The smallest absolute Gasteiger partial charge is 0.410 e. The first-order chi connectivity index (χ1) is 12.5. The summed E-state index contributed by atoms with van der Waals surface area (Å²) in [4.78, 5) is 14.2. The van der Waals surface area contributed by atoms with Crippen LogP contribution in [0.25, 0.3) is 0 Å². The van der Waals surface area contributed by atoms with E-state index in [0.29, 0.717) is 57.5 Å². The van der Waals surface area contributed by atoms with Gasteiger partial charge in [0.05, 0.1) is 17.8 Å². The van der Waals surface area contributed by atoms with E-state index in [1.165, 1.54) is 0 Å². The standard InChI is InChI=1S/C21H37NO5/c1-14-11-15-13-17(24)21(26)8-6-10-22(18(25)27-19(2,3)4)9-5-7-20(15,21)16(23)12-14/h14-17,23-24,26H,5-13H2,1-4H3/t14?,15-,16?,17?,20?,21+/m0/s1. The highest BCUT2D eigenvalue weighted by atomic mass is 16.6. The minimum absolute atomic E-state index is 0.129. The molecule has 3 N–H and O–H groups in total. The van der Waals surface area contributed by atoms with E-state index in [0.717, 1.165) is 6.42 Å². The molecule has 1 amide bonds. The molecule has 3 fully saturated rings. The third kappa shape index (κ3) is 3.60. The third-order valence-corrected chi connectivity index (χ3v) is 7.16. The van der Waals surface area contributed by atoms with Gasteiger partial charge in [-0.1, -0.05) is 6.92 Å². The van der Waals surface area contributed by atoms with Crippen molar-refractivity contribution in [1.29, 1.82) is 0 Å². The monoisotopic (exact) mass is 383 g/mol. The zero-order valence-electron chi connectivity index (χ0n) is 17.3. The lowest BCUT2D eigenvalue weighted by molar-refractivity contribution is -0.197. The van der Waals surface area contributed by atoms with Crippen LogP contribution < -0.4 is 0 Å². The second-order valence-corrected chi connectivity index (χ2v) is 10.2. The van der Waals surface area contributed by atoms with Crippen LogP contribution in [-0.2, 0) is 4.74 Å². The van der Waals surface area contributed by atoms with E-state index in [2.05, 4.69) is 6.92 Å². The number of ether oxygens (including phenoxy) is 1. The summed E-state index contributed by atoms with van der Waals surface area (Å²) >= 11 is 0. The molecule has 3 aliphatic rings. The highest BCUT2D eigenvalue weighted by Gasteiger charge is 2.67. The van der Waals surface area contributed by atoms with Gasteiger partial charge in [-0.3, -0.25) is 0 Å². The fourth-order valence-electron chi connectivity index (χ4n) is 6.09. The molecule has 1 saturated heterocycles. The fraction of sp³-hybridized carbons (Fsp3) is 0.952. The summed E-state index contributed by atoms with van der Waals surface area (Å²) in [5.41, 5.74) is -2.48. The average Bonchev–Trinajstić information content (AvgIpc) is 2.77. The summed E-state index contributed by atoms with van der Waals surface area (Å²) < 4.78 is 5.52. The van der Waals surface area contributed by atoms with E-state index < -0.39 is 28.8 Å². The molecule has 27 heavy (non-hydrogen) atoms. The minimum Gasteiger partial charge on any atom is -0.444 e. The van der Waals surface area contributed by atoms with Crippen LogP contribution in [0.15, 0.2) is 0 Å². The summed E-state index contributed by atoms with van der Waals surface area (Å²) in [6.45, 7) is 8.75. The quantitative estimate of drug-likeness (QED) is 0.598. The molecule has 0 aromatic carbocycles. The number of hydrogen-bond donors (Lipinski definition) is 3. The van der Waals surface area contributed by atoms with Gasteiger partial charge in [-0.2, -0.15) is 0 Å². The molecule has 4 unspecified atom stereocenters. The molecular weight excluding hydrogens is 346 g/mol. The van der Waals surface area contributed by atoms with Crippen LogP contribution >= 0.6 is 0 Å². The van der Waals surface area contributed by atoms with E-state index in [4.69, 9.17) is 4.74 Å². The van der Waals surface area contributed by atoms with Gasteiger partial charge in [-0.15, -0.1) is 0 Å². The maximum Gasteiger partial charge on any atom is 0.410 e. The molecule has 2 aliphatic carbocycles. The third-order valence-electron chi connectivity index (χ3n) is 7.16. The lowest BCUT2D eigenvalue weighted by atomic mass is 9.55. The van der Waals surface area contributed by atoms with Crippen molar-refractivity contribution in [3.05, 3.63) is 0 Å². The summed E-state index contributed by atoms with van der Waals surface area (Å²) in [7, 11) is 0. The predicted octanol–water partition coefficient (Wildman–Crippen LogP) is 2.69. The highest BCUT2D eigenvalue weighted by molar-refractivity contribution is 5.68. The van der Waals surface area contributed by atoms with Crippen LogP contribution in [0.2, 0.25) is 0 Å². The number of amides is 1. The van der Waals surface area contributed by atoms with E-state index in [-0.39, 0.29) is 12.0 Å². The van der Waals surface area contributed by atoms with Gasteiger partial charge in [-0.05, 0) is 77.6 Å². The van der Waals surface area contributed by atoms with Crippen molar-refractivity contribution in [2.45, 2.75) is 96.1 Å². The van der Waals surface area contributed by atoms with Crippen LogP contribution in [0, 0.1) is 17.3 Å². The van der Waals surface area contributed by atoms with Crippen LogP contribution in [0.3, 0.4) is 0 Å². The molecule has 6 nitrogen and oxygen atoms in total. The molecule has 6 atom stereocenters. The lowest BCUT2D eigenvalue weighted by Crippen LogP contribution is -2.60. The van der Waals surface area contributed by atoms with Crippen molar-refractivity contribution in [3.8, 4) is 0 Å². The zero-order chi connectivity index (χ0) is 20.0. The van der Waals surface area contributed by atoms with Crippen LogP contribution in [0.5, 0.6) is 0 Å². The summed E-state index contributed by atoms with van der Waals surface area (Å²) in [6, 6.07) is 0. The first-order valence-corrected chi connectivity index (χ1v) is 10.6. The van der Waals surface area contributed by atoms with E-state index in [1.807, 2.05) is 20.8 Å². The number of nitrogens with zero attached hydrogens (tertiary/aromatic N) is 1. The molecule has 1 spiro atoms. The Morgan fingerprint density at radius 2 is 1.67 bits per heavy atom. The first-order valence-electron chi connectivity index (χ1n) is 10.6. The Morgan fingerprint density at radius 3 is 2.30 bits per heavy atom. The summed E-state index contributed by atoms with van der Waals surface area (Å²) in [6.07, 6.45) is 2.72. The molecule has 3 rings (SSSR count). The molecule has 156 valence electrons. The van der Waals surface area contributed by atoms with Gasteiger partial charge >= 0.3 is 6.09 Å². The Kier molecular flexibility index (Phi) is 5.56. The number of aliphatic hydroxyl groups excluding tert-OH is 2. The van der Waals surface area contributed by atoms with E-state index >= 15 is 0 Å². The minimum atomic E-state index is -1.28. The highest BCUT2D eigenvalue weighted by Crippen LogP contribution is 2.62. The molecule has 0 aromatic rings. The Labute approximate surface area is 162 Å². The van der Waals surface area contributed by atoms with Crippen molar-refractivity contribution >= 4 is 6.09 Å². The Morgan fingerprint density at radius 1 is 1.04 bits per heavy atom. The number of carbonyl (C=O) groups is 1. The molecule has 0 radical (unpaired) electrons. The molecule has 0 bridgehead atoms. The van der Waals surface area contributed by atoms with Gasteiger partial charge in [0.25, 0.3) is 0 Å². The largest absolute Gasteiger partial charge is 0.444 e. The average molecular weight is 384 g/mol. The number of carbonyl (C=O) groups excluding carboxylic acids is 1. The van der Waals surface area contributed by atoms with Crippen molar-refractivity contribution < 1.29 is 24.9 Å². The van der Waals surface area contributed by atoms with E-state index in [1.54, 1.807) is 4.90 Å². The van der Waals surface area contributed by atoms with Gasteiger partial charge < -0.3 is 25.0 Å². The van der Waals surface area contributed by atoms with Gasteiger partial charge in [-0.25, -0.2) is 4.79 Å². The molecule has 2 saturated carbocycles. The van der Waals surface area contributed by atoms with Crippen molar-refractivity contribution in [3.63, 3.8) is 0 Å². The van der Waals surface area contributed by atoms with Crippen molar-refractivity contribution in [1.82, 2.24) is 4.90 Å². The Hall–Kier alpha value is -0.850. The van der Waals surface area contributed by atoms with Crippen molar-refractivity contribution in [2.75, 3.05) is 13.1 Å². The van der Waals surface area contributed by atoms with Gasteiger partial charge in [0.2, 0.25) is 0 Å². The second kappa shape index (κ2) is 7.20. The molecule has 1 heterocycles. The van der Waals surface area contributed by atoms with E-state index in [9.17, 15) is 20.1 Å². The number of rotatable bonds is 0. The predicted molar refractivity (Wildman–Crippen MR) is 102 cm³/mol.